The topological polar surface area (TPSA) is 90.4 Å². The van der Waals surface area contributed by atoms with Gasteiger partial charge in [0.2, 0.25) is 5.89 Å². The third kappa shape index (κ3) is 2.95. The molecule has 1 N–H and O–H groups in total. The van der Waals surface area contributed by atoms with Crippen molar-refractivity contribution in [2.24, 2.45) is 0 Å². The predicted octanol–water partition coefficient (Wildman–Crippen LogP) is 1.05. The van der Waals surface area contributed by atoms with Gasteiger partial charge in [0.05, 0.1) is 25.8 Å². The van der Waals surface area contributed by atoms with Gasteiger partial charge in [0.15, 0.2) is 5.82 Å². The molecule has 0 amide bonds. The summed E-state index contributed by atoms with van der Waals surface area (Å²) in [7, 11) is 1.32. The Morgan fingerprint density at radius 2 is 2.33 bits per heavy atom. The number of rotatable bonds is 5. The summed E-state index contributed by atoms with van der Waals surface area (Å²) in [5.41, 5.74) is 0.392. The van der Waals surface area contributed by atoms with Gasteiger partial charge in [0, 0.05) is 0 Å². The lowest BCUT2D eigenvalue weighted by Crippen LogP contribution is -2.12. The third-order valence-electron chi connectivity index (χ3n) is 2.22. The van der Waals surface area contributed by atoms with Crippen LogP contribution in [0.15, 0.2) is 21.3 Å². The lowest BCUT2D eigenvalue weighted by molar-refractivity contribution is 0.0600. The number of esters is 1. The molecule has 2 heterocycles. The Morgan fingerprint density at radius 1 is 1.50 bits per heavy atom. The molecule has 96 valence electrons. The van der Waals surface area contributed by atoms with Crippen molar-refractivity contribution < 1.29 is 18.5 Å². The second-order valence-corrected chi connectivity index (χ2v) is 3.63. The maximum atomic E-state index is 11.2. The van der Waals surface area contributed by atoms with E-state index in [2.05, 4.69) is 20.2 Å². The van der Waals surface area contributed by atoms with Crippen molar-refractivity contribution in [2.45, 2.75) is 20.0 Å². The van der Waals surface area contributed by atoms with Crippen LogP contribution in [0.25, 0.3) is 0 Å². The molecule has 0 aliphatic rings. The first-order valence-electron chi connectivity index (χ1n) is 5.34. The second-order valence-electron chi connectivity index (χ2n) is 3.63. The highest BCUT2D eigenvalue weighted by atomic mass is 16.5. The standard InChI is InChI=1S/C11H13N3O4/c1-7-13-10(18-14-7)5-12-4-9-3-8(6-17-9)11(15)16-2/h3,6,12H,4-5H2,1-2H3. The minimum absolute atomic E-state index is 0.392. The average molecular weight is 251 g/mol. The summed E-state index contributed by atoms with van der Waals surface area (Å²) >= 11 is 0. The average Bonchev–Trinajstić information content (AvgIpc) is 2.98. The Hall–Kier alpha value is -2.15. The van der Waals surface area contributed by atoms with Crippen LogP contribution in [0.2, 0.25) is 0 Å². The van der Waals surface area contributed by atoms with E-state index in [0.29, 0.717) is 36.1 Å². The molecule has 7 heteroatoms. The van der Waals surface area contributed by atoms with Gasteiger partial charge in [-0.15, -0.1) is 0 Å². The summed E-state index contributed by atoms with van der Waals surface area (Å²) in [6.45, 7) is 2.65. The molecule has 2 aromatic rings. The fraction of sp³-hybridized carbons (Fsp3) is 0.364. The predicted molar refractivity (Wildman–Crippen MR) is 59.6 cm³/mol. The summed E-state index contributed by atoms with van der Waals surface area (Å²) in [4.78, 5) is 15.2. The zero-order valence-electron chi connectivity index (χ0n) is 10.1. The van der Waals surface area contributed by atoms with Gasteiger partial charge >= 0.3 is 5.97 Å². The number of nitrogens with zero attached hydrogens (tertiary/aromatic N) is 2. The van der Waals surface area contributed by atoms with Gasteiger partial charge in [-0.25, -0.2) is 4.79 Å². The molecule has 0 saturated carbocycles. The van der Waals surface area contributed by atoms with E-state index in [9.17, 15) is 4.79 Å². The molecule has 0 aliphatic carbocycles. The van der Waals surface area contributed by atoms with E-state index >= 15 is 0 Å². The molecule has 7 nitrogen and oxygen atoms in total. The minimum atomic E-state index is -0.419. The van der Waals surface area contributed by atoms with Crippen LogP contribution in [-0.2, 0) is 17.8 Å². The van der Waals surface area contributed by atoms with Gasteiger partial charge in [0.25, 0.3) is 0 Å². The number of aryl methyl sites for hydroxylation is 1. The maximum absolute atomic E-state index is 11.2. The Kier molecular flexibility index (Phi) is 3.73. The molecule has 0 radical (unpaired) electrons. The Bertz CT molecular complexity index is 532. The van der Waals surface area contributed by atoms with Gasteiger partial charge in [-0.2, -0.15) is 4.98 Å². The minimum Gasteiger partial charge on any atom is -0.467 e. The molecule has 2 aromatic heterocycles. The van der Waals surface area contributed by atoms with Crippen molar-refractivity contribution in [3.05, 3.63) is 35.4 Å². The zero-order valence-corrected chi connectivity index (χ0v) is 10.1. The number of methoxy groups -OCH3 is 1. The molecular formula is C11H13N3O4. The molecule has 0 bridgehead atoms. The van der Waals surface area contributed by atoms with E-state index in [1.807, 2.05) is 0 Å². The van der Waals surface area contributed by atoms with Crippen molar-refractivity contribution in [3.8, 4) is 0 Å². The van der Waals surface area contributed by atoms with Crippen molar-refractivity contribution in [3.63, 3.8) is 0 Å². The zero-order chi connectivity index (χ0) is 13.0. The highest BCUT2D eigenvalue weighted by Crippen LogP contribution is 2.09. The van der Waals surface area contributed by atoms with Gasteiger partial charge in [-0.05, 0) is 13.0 Å². The van der Waals surface area contributed by atoms with Crippen molar-refractivity contribution in [1.29, 1.82) is 0 Å². The van der Waals surface area contributed by atoms with Crippen molar-refractivity contribution in [2.75, 3.05) is 7.11 Å². The van der Waals surface area contributed by atoms with Crippen LogP contribution in [0.3, 0.4) is 0 Å². The normalized spacial score (nSPS) is 10.6. The molecule has 0 spiro atoms. The molecule has 0 aliphatic heterocycles. The lowest BCUT2D eigenvalue weighted by atomic mass is 10.3. The molecule has 2 rings (SSSR count). The summed E-state index contributed by atoms with van der Waals surface area (Å²) in [5.74, 6) is 1.31. The van der Waals surface area contributed by atoms with Crippen molar-refractivity contribution in [1.82, 2.24) is 15.5 Å². The summed E-state index contributed by atoms with van der Waals surface area (Å²) in [6.07, 6.45) is 1.36. The van der Waals surface area contributed by atoms with Gasteiger partial charge in [-0.1, -0.05) is 5.16 Å². The summed E-state index contributed by atoms with van der Waals surface area (Å²) in [5, 5.41) is 6.73. The Morgan fingerprint density at radius 3 is 3.00 bits per heavy atom. The maximum Gasteiger partial charge on any atom is 0.341 e. The molecule has 0 unspecified atom stereocenters. The third-order valence-corrected chi connectivity index (χ3v) is 2.22. The smallest absolute Gasteiger partial charge is 0.341 e. The number of furan rings is 1. The first-order valence-corrected chi connectivity index (χ1v) is 5.34. The molecule has 18 heavy (non-hydrogen) atoms. The van der Waals surface area contributed by atoms with Crippen LogP contribution in [0.1, 0.15) is 27.8 Å². The summed E-state index contributed by atoms with van der Waals surface area (Å²) < 4.78 is 14.7. The largest absolute Gasteiger partial charge is 0.467 e. The SMILES string of the molecule is COC(=O)c1coc(CNCc2nc(C)no2)c1. The highest BCUT2D eigenvalue weighted by molar-refractivity contribution is 5.88. The first kappa shape index (κ1) is 12.3. The quantitative estimate of drug-likeness (QED) is 0.794. The fourth-order valence-electron chi connectivity index (χ4n) is 1.40. The van der Waals surface area contributed by atoms with Crippen LogP contribution in [-0.4, -0.2) is 23.2 Å². The number of aromatic nitrogens is 2. The number of hydrogen-bond donors (Lipinski definition) is 1. The van der Waals surface area contributed by atoms with Gasteiger partial charge in [-0.3, -0.25) is 0 Å². The van der Waals surface area contributed by atoms with E-state index < -0.39 is 5.97 Å². The lowest BCUT2D eigenvalue weighted by Gasteiger charge is -1.97. The number of carbonyl (C=O) groups is 1. The van der Waals surface area contributed by atoms with Gasteiger partial charge in [0.1, 0.15) is 12.0 Å². The van der Waals surface area contributed by atoms with E-state index in [4.69, 9.17) is 8.94 Å². The highest BCUT2D eigenvalue weighted by Gasteiger charge is 2.10. The number of hydrogen-bond acceptors (Lipinski definition) is 7. The van der Waals surface area contributed by atoms with Crippen LogP contribution >= 0.6 is 0 Å². The molecule has 0 fully saturated rings. The van der Waals surface area contributed by atoms with Crippen LogP contribution in [0.5, 0.6) is 0 Å². The van der Waals surface area contributed by atoms with E-state index in [-0.39, 0.29) is 0 Å². The molecule has 0 saturated heterocycles. The molecule has 0 atom stereocenters. The number of nitrogens with one attached hydrogen (secondary N) is 1. The number of ether oxygens (including phenoxy) is 1. The van der Waals surface area contributed by atoms with E-state index in [1.165, 1.54) is 13.4 Å². The second kappa shape index (κ2) is 5.46. The van der Waals surface area contributed by atoms with E-state index in [0.717, 1.165) is 0 Å². The Balaban J connectivity index is 1.83. The molecule has 0 aromatic carbocycles. The fourth-order valence-corrected chi connectivity index (χ4v) is 1.40. The molecular weight excluding hydrogens is 238 g/mol. The monoisotopic (exact) mass is 251 g/mol. The van der Waals surface area contributed by atoms with Crippen LogP contribution < -0.4 is 5.32 Å². The Labute approximate surface area is 103 Å². The van der Waals surface area contributed by atoms with Crippen LogP contribution in [0, 0.1) is 6.92 Å². The number of carbonyl (C=O) groups excluding carboxylic acids is 1. The van der Waals surface area contributed by atoms with Crippen molar-refractivity contribution >= 4 is 5.97 Å². The van der Waals surface area contributed by atoms with Gasteiger partial charge < -0.3 is 19.0 Å². The first-order chi connectivity index (χ1) is 8.69. The summed E-state index contributed by atoms with van der Waals surface area (Å²) in [6, 6.07) is 1.62. The van der Waals surface area contributed by atoms with E-state index in [1.54, 1.807) is 13.0 Å². The van der Waals surface area contributed by atoms with Crippen LogP contribution in [0.4, 0.5) is 0 Å².